The Bertz CT molecular complexity index is 561. The SMILES string of the molecule is COCCC(NC(=O)COc1ccc(C2SCCCS2)cc1)C(=O)O. The zero-order valence-corrected chi connectivity index (χ0v) is 15.7. The van der Waals surface area contributed by atoms with Gasteiger partial charge in [0.2, 0.25) is 0 Å². The summed E-state index contributed by atoms with van der Waals surface area (Å²) in [5, 5.41) is 11.5. The summed E-state index contributed by atoms with van der Waals surface area (Å²) in [4.78, 5) is 22.9. The van der Waals surface area contributed by atoms with Gasteiger partial charge in [0, 0.05) is 20.1 Å². The van der Waals surface area contributed by atoms with E-state index in [-0.39, 0.29) is 19.6 Å². The molecule has 6 nitrogen and oxygen atoms in total. The smallest absolute Gasteiger partial charge is 0.326 e. The van der Waals surface area contributed by atoms with Gasteiger partial charge in [-0.1, -0.05) is 12.1 Å². The lowest BCUT2D eigenvalue weighted by Crippen LogP contribution is -2.43. The molecule has 1 aromatic rings. The van der Waals surface area contributed by atoms with Gasteiger partial charge in [0.05, 0.1) is 4.58 Å². The van der Waals surface area contributed by atoms with Gasteiger partial charge in [0.1, 0.15) is 11.8 Å². The van der Waals surface area contributed by atoms with E-state index in [9.17, 15) is 9.59 Å². The Morgan fingerprint density at radius 3 is 2.56 bits per heavy atom. The third kappa shape index (κ3) is 6.80. The van der Waals surface area contributed by atoms with Crippen LogP contribution in [0.5, 0.6) is 5.75 Å². The van der Waals surface area contributed by atoms with E-state index in [1.54, 1.807) is 0 Å². The minimum Gasteiger partial charge on any atom is -0.484 e. The Hall–Kier alpha value is -1.38. The second-order valence-corrected chi connectivity index (χ2v) is 8.25. The second kappa shape index (κ2) is 10.6. The average Bonchev–Trinajstić information content (AvgIpc) is 2.64. The van der Waals surface area contributed by atoms with Crippen LogP contribution < -0.4 is 10.1 Å². The molecule has 0 aromatic heterocycles. The molecule has 1 saturated heterocycles. The topological polar surface area (TPSA) is 84.9 Å². The standard InChI is InChI=1S/C17H23NO5S2/c1-22-8-7-14(16(20)21)18-15(19)11-23-13-5-3-12(4-6-13)17-24-9-2-10-25-17/h3-6,14,17H,2,7-11H2,1H3,(H,18,19)(H,20,21). The monoisotopic (exact) mass is 385 g/mol. The molecule has 0 aliphatic carbocycles. The van der Waals surface area contributed by atoms with Crippen molar-refractivity contribution in [1.29, 1.82) is 0 Å². The molecule has 1 unspecified atom stereocenters. The summed E-state index contributed by atoms with van der Waals surface area (Å²) in [6.45, 7) is 0.0415. The number of rotatable bonds is 9. The largest absolute Gasteiger partial charge is 0.484 e. The van der Waals surface area contributed by atoms with Gasteiger partial charge in [-0.3, -0.25) is 4.79 Å². The van der Waals surface area contributed by atoms with Crippen LogP contribution in [-0.2, 0) is 14.3 Å². The number of hydrogen-bond acceptors (Lipinski definition) is 6. The number of amides is 1. The summed E-state index contributed by atoms with van der Waals surface area (Å²) in [5.41, 5.74) is 1.25. The molecule has 1 amide bonds. The van der Waals surface area contributed by atoms with Crippen molar-refractivity contribution >= 4 is 35.4 Å². The highest BCUT2D eigenvalue weighted by Gasteiger charge is 2.20. The van der Waals surface area contributed by atoms with Crippen molar-refractivity contribution in [1.82, 2.24) is 5.32 Å². The van der Waals surface area contributed by atoms with Crippen LogP contribution in [0.25, 0.3) is 0 Å². The van der Waals surface area contributed by atoms with Crippen molar-refractivity contribution in [2.75, 3.05) is 31.8 Å². The number of carbonyl (C=O) groups is 2. The van der Waals surface area contributed by atoms with Gasteiger partial charge in [-0.25, -0.2) is 4.79 Å². The quantitative estimate of drug-likeness (QED) is 0.676. The summed E-state index contributed by atoms with van der Waals surface area (Å²) in [6.07, 6.45) is 1.47. The van der Waals surface area contributed by atoms with Crippen molar-refractivity contribution in [3.05, 3.63) is 29.8 Å². The minimum atomic E-state index is -1.09. The zero-order chi connectivity index (χ0) is 18.1. The van der Waals surface area contributed by atoms with Crippen LogP contribution >= 0.6 is 23.5 Å². The van der Waals surface area contributed by atoms with Crippen molar-refractivity contribution in [3.63, 3.8) is 0 Å². The summed E-state index contributed by atoms with van der Waals surface area (Å²) < 4.78 is 10.8. The van der Waals surface area contributed by atoms with E-state index in [4.69, 9.17) is 14.6 Å². The molecule has 1 atom stereocenters. The number of ether oxygens (including phenoxy) is 2. The van der Waals surface area contributed by atoms with Crippen LogP contribution in [0.2, 0.25) is 0 Å². The molecule has 138 valence electrons. The molecule has 0 saturated carbocycles. The van der Waals surface area contributed by atoms with E-state index in [2.05, 4.69) is 5.32 Å². The van der Waals surface area contributed by atoms with Crippen LogP contribution in [-0.4, -0.2) is 54.9 Å². The number of hydrogen-bond donors (Lipinski definition) is 2. The van der Waals surface area contributed by atoms with Crippen LogP contribution in [0.3, 0.4) is 0 Å². The molecule has 1 aromatic carbocycles. The first-order chi connectivity index (χ1) is 12.1. The third-order valence-electron chi connectivity index (χ3n) is 3.59. The lowest BCUT2D eigenvalue weighted by Gasteiger charge is -2.21. The summed E-state index contributed by atoms with van der Waals surface area (Å²) >= 11 is 3.90. The lowest BCUT2D eigenvalue weighted by atomic mass is 10.2. The molecule has 0 spiro atoms. The average molecular weight is 386 g/mol. The van der Waals surface area contributed by atoms with E-state index in [1.807, 2.05) is 47.8 Å². The molecule has 1 heterocycles. The number of aliphatic carboxylic acids is 1. The van der Waals surface area contributed by atoms with Crippen molar-refractivity contribution < 1.29 is 24.2 Å². The van der Waals surface area contributed by atoms with E-state index in [0.29, 0.717) is 10.3 Å². The summed E-state index contributed by atoms with van der Waals surface area (Å²) in [6, 6.07) is 6.75. The van der Waals surface area contributed by atoms with Crippen molar-refractivity contribution in [2.45, 2.75) is 23.5 Å². The molecule has 1 fully saturated rings. The highest BCUT2D eigenvalue weighted by atomic mass is 32.2. The Morgan fingerprint density at radius 2 is 1.96 bits per heavy atom. The Kier molecular flexibility index (Phi) is 8.43. The van der Waals surface area contributed by atoms with Gasteiger partial charge in [0.15, 0.2) is 6.61 Å². The molecule has 0 bridgehead atoms. The molecule has 1 aliphatic heterocycles. The highest BCUT2D eigenvalue weighted by molar-refractivity contribution is 8.16. The first kappa shape index (κ1) is 19.9. The van der Waals surface area contributed by atoms with Gasteiger partial charge in [-0.2, -0.15) is 0 Å². The van der Waals surface area contributed by atoms with Crippen LogP contribution in [0.1, 0.15) is 23.0 Å². The molecule has 25 heavy (non-hydrogen) atoms. The highest BCUT2D eigenvalue weighted by Crippen LogP contribution is 2.43. The van der Waals surface area contributed by atoms with Gasteiger partial charge in [-0.15, -0.1) is 23.5 Å². The van der Waals surface area contributed by atoms with Gasteiger partial charge < -0.3 is 19.9 Å². The van der Waals surface area contributed by atoms with E-state index >= 15 is 0 Å². The Balaban J connectivity index is 1.79. The van der Waals surface area contributed by atoms with E-state index in [1.165, 1.54) is 30.6 Å². The van der Waals surface area contributed by atoms with Crippen LogP contribution in [0.15, 0.2) is 24.3 Å². The predicted molar refractivity (Wildman–Crippen MR) is 100 cm³/mol. The number of carboxylic acid groups (broad SMARTS) is 1. The van der Waals surface area contributed by atoms with E-state index < -0.39 is 17.9 Å². The molecule has 2 N–H and O–H groups in total. The maximum absolute atomic E-state index is 11.9. The molecular weight excluding hydrogens is 362 g/mol. The number of methoxy groups -OCH3 is 1. The summed E-state index contributed by atoms with van der Waals surface area (Å²) in [7, 11) is 1.48. The predicted octanol–water partition coefficient (Wildman–Crippen LogP) is 2.54. The molecule has 1 aliphatic rings. The van der Waals surface area contributed by atoms with Crippen molar-refractivity contribution in [2.24, 2.45) is 0 Å². The fourth-order valence-corrected chi connectivity index (χ4v) is 5.17. The zero-order valence-electron chi connectivity index (χ0n) is 14.1. The van der Waals surface area contributed by atoms with Crippen molar-refractivity contribution in [3.8, 4) is 5.75 Å². The minimum absolute atomic E-state index is 0.211. The van der Waals surface area contributed by atoms with E-state index in [0.717, 1.165) is 0 Å². The third-order valence-corrected chi connectivity index (χ3v) is 6.61. The molecule has 8 heteroatoms. The molecular formula is C17H23NO5S2. The van der Waals surface area contributed by atoms with Gasteiger partial charge in [0.25, 0.3) is 5.91 Å². The number of nitrogens with one attached hydrogen (secondary N) is 1. The first-order valence-electron chi connectivity index (χ1n) is 8.07. The van der Waals surface area contributed by atoms with Gasteiger partial charge >= 0.3 is 5.97 Å². The Morgan fingerprint density at radius 1 is 1.28 bits per heavy atom. The fourth-order valence-electron chi connectivity index (χ4n) is 2.28. The normalized spacial score (nSPS) is 16.2. The second-order valence-electron chi connectivity index (χ2n) is 5.52. The number of benzene rings is 1. The number of thioether (sulfide) groups is 2. The summed E-state index contributed by atoms with van der Waals surface area (Å²) in [5.74, 6) is 1.41. The Labute approximate surface area is 156 Å². The number of carbonyl (C=O) groups excluding carboxylic acids is 1. The lowest BCUT2D eigenvalue weighted by molar-refractivity contribution is -0.142. The maximum atomic E-state index is 11.9. The number of carboxylic acids is 1. The molecule has 0 radical (unpaired) electrons. The van der Waals surface area contributed by atoms with Crippen LogP contribution in [0, 0.1) is 0 Å². The van der Waals surface area contributed by atoms with Gasteiger partial charge in [-0.05, 0) is 35.6 Å². The van der Waals surface area contributed by atoms with Crippen LogP contribution in [0.4, 0.5) is 0 Å². The first-order valence-corrected chi connectivity index (χ1v) is 10.2. The maximum Gasteiger partial charge on any atom is 0.326 e. The fraction of sp³-hybridized carbons (Fsp3) is 0.529. The molecule has 2 rings (SSSR count).